The maximum absolute atomic E-state index is 10.4. The molecule has 6 nitrogen and oxygen atoms in total. The molecule has 1 atom stereocenters. The van der Waals surface area contributed by atoms with Crippen LogP contribution < -0.4 is 16.8 Å². The van der Waals surface area contributed by atoms with Gasteiger partial charge in [0.1, 0.15) is 6.04 Å². The molecule has 1 unspecified atom stereocenters. The van der Waals surface area contributed by atoms with Crippen LogP contribution in [0, 0.1) is 0 Å². The van der Waals surface area contributed by atoms with Crippen LogP contribution in [0.3, 0.4) is 0 Å². The van der Waals surface area contributed by atoms with Crippen LogP contribution in [0.15, 0.2) is 0 Å². The lowest BCUT2D eigenvalue weighted by molar-refractivity contribution is -0.139. The van der Waals surface area contributed by atoms with Crippen molar-refractivity contribution in [3.8, 4) is 0 Å². The minimum atomic E-state index is -1.03. The molecule has 0 fully saturated rings. The lowest BCUT2D eigenvalue weighted by atomic mass is 10.1. The van der Waals surface area contributed by atoms with Crippen molar-refractivity contribution in [3.63, 3.8) is 0 Å². The highest BCUT2D eigenvalue weighted by Crippen LogP contribution is 1.95. The smallest absolute Gasteiger partial charge is 0.320 e. The van der Waals surface area contributed by atoms with Gasteiger partial charge >= 0.3 is 5.97 Å². The summed E-state index contributed by atoms with van der Waals surface area (Å²) < 4.78 is 0. The zero-order valence-electron chi connectivity index (χ0n) is 6.62. The lowest BCUT2D eigenvalue weighted by Gasteiger charge is -2.10. The number of hydrogen-bond acceptors (Lipinski definition) is 4. The van der Waals surface area contributed by atoms with E-state index in [1.54, 1.807) is 0 Å². The van der Waals surface area contributed by atoms with Gasteiger partial charge in [-0.1, -0.05) is 0 Å². The highest BCUT2D eigenvalue weighted by atomic mass is 16.4. The highest BCUT2D eigenvalue weighted by Gasteiger charge is 2.15. The van der Waals surface area contributed by atoms with Crippen LogP contribution in [-0.2, 0) is 9.59 Å². The molecule has 0 spiro atoms. The summed E-state index contributed by atoms with van der Waals surface area (Å²) in [4.78, 5) is 20.7. The van der Waals surface area contributed by atoms with Crippen LogP contribution in [0.5, 0.6) is 0 Å². The Morgan fingerprint density at radius 2 is 2.08 bits per heavy atom. The van der Waals surface area contributed by atoms with Gasteiger partial charge in [0.25, 0.3) is 0 Å². The third-order valence-electron chi connectivity index (χ3n) is 1.34. The standard InChI is InChI=1S/C6H13N3O3/c7-3-9-4(6(11)12)1-2-5(8)10/h4,9H,1-3,7H2,(H2,8,10)(H,11,12). The van der Waals surface area contributed by atoms with Crippen molar-refractivity contribution in [2.24, 2.45) is 11.5 Å². The van der Waals surface area contributed by atoms with Gasteiger partial charge in [0.05, 0.1) is 0 Å². The topological polar surface area (TPSA) is 118 Å². The number of carboxylic acid groups (broad SMARTS) is 1. The predicted octanol–water partition coefficient (Wildman–Crippen LogP) is -1.79. The fourth-order valence-corrected chi connectivity index (χ4v) is 0.742. The van der Waals surface area contributed by atoms with Crippen LogP contribution in [0.2, 0.25) is 0 Å². The summed E-state index contributed by atoms with van der Waals surface area (Å²) in [5.74, 6) is -1.54. The van der Waals surface area contributed by atoms with E-state index in [-0.39, 0.29) is 19.5 Å². The van der Waals surface area contributed by atoms with E-state index >= 15 is 0 Å². The molecule has 1 amide bonds. The molecule has 0 aliphatic heterocycles. The number of nitrogens with two attached hydrogens (primary N) is 2. The van der Waals surface area contributed by atoms with Gasteiger partial charge in [-0.3, -0.25) is 14.9 Å². The lowest BCUT2D eigenvalue weighted by Crippen LogP contribution is -2.40. The molecule has 6 N–H and O–H groups in total. The number of amides is 1. The maximum atomic E-state index is 10.4. The van der Waals surface area contributed by atoms with E-state index in [1.807, 2.05) is 0 Å². The van der Waals surface area contributed by atoms with Gasteiger partial charge in [-0.2, -0.15) is 0 Å². The second-order valence-corrected chi connectivity index (χ2v) is 2.30. The summed E-state index contributed by atoms with van der Waals surface area (Å²) in [6, 6.07) is -0.789. The van der Waals surface area contributed by atoms with Gasteiger partial charge in [0.15, 0.2) is 0 Å². The normalized spacial score (nSPS) is 12.4. The first-order valence-electron chi connectivity index (χ1n) is 3.52. The number of nitrogens with one attached hydrogen (secondary N) is 1. The van der Waals surface area contributed by atoms with E-state index in [2.05, 4.69) is 5.32 Å². The SMILES string of the molecule is NCNC(CCC(N)=O)C(=O)O. The molecule has 0 aliphatic carbocycles. The molecule has 0 aromatic rings. The minimum Gasteiger partial charge on any atom is -0.480 e. The molecular weight excluding hydrogens is 162 g/mol. The number of rotatable bonds is 6. The van der Waals surface area contributed by atoms with Gasteiger partial charge in [-0.05, 0) is 6.42 Å². The summed E-state index contributed by atoms with van der Waals surface area (Å²) in [5, 5.41) is 11.1. The molecule has 12 heavy (non-hydrogen) atoms. The number of carbonyl (C=O) groups is 2. The Labute approximate surface area is 69.9 Å². The molecule has 0 aromatic heterocycles. The van der Waals surface area contributed by atoms with E-state index in [9.17, 15) is 9.59 Å². The summed E-state index contributed by atoms with van der Waals surface area (Å²) in [6.07, 6.45) is 0.214. The molecule has 0 radical (unpaired) electrons. The highest BCUT2D eigenvalue weighted by molar-refractivity contribution is 5.77. The Morgan fingerprint density at radius 3 is 2.42 bits per heavy atom. The summed E-state index contributed by atoms with van der Waals surface area (Å²) >= 11 is 0. The fourth-order valence-electron chi connectivity index (χ4n) is 0.742. The van der Waals surface area contributed by atoms with Gasteiger partial charge < -0.3 is 16.6 Å². The molecule has 0 bridgehead atoms. The van der Waals surface area contributed by atoms with Crippen LogP contribution in [0.25, 0.3) is 0 Å². The Morgan fingerprint density at radius 1 is 1.50 bits per heavy atom. The van der Waals surface area contributed by atoms with Gasteiger partial charge in [0, 0.05) is 13.1 Å². The molecule has 0 saturated heterocycles. The molecule has 0 heterocycles. The van der Waals surface area contributed by atoms with Crippen LogP contribution in [-0.4, -0.2) is 29.7 Å². The van der Waals surface area contributed by atoms with E-state index in [0.717, 1.165) is 0 Å². The van der Waals surface area contributed by atoms with Crippen LogP contribution >= 0.6 is 0 Å². The Balaban J connectivity index is 3.79. The molecule has 0 aromatic carbocycles. The van der Waals surface area contributed by atoms with E-state index < -0.39 is 17.9 Å². The van der Waals surface area contributed by atoms with Crippen LogP contribution in [0.4, 0.5) is 0 Å². The van der Waals surface area contributed by atoms with Crippen molar-refractivity contribution in [3.05, 3.63) is 0 Å². The second-order valence-electron chi connectivity index (χ2n) is 2.30. The maximum Gasteiger partial charge on any atom is 0.320 e. The Kier molecular flexibility index (Phi) is 4.98. The number of hydrogen-bond donors (Lipinski definition) is 4. The van der Waals surface area contributed by atoms with E-state index in [1.165, 1.54) is 0 Å². The third-order valence-corrected chi connectivity index (χ3v) is 1.34. The molecule has 70 valence electrons. The molecule has 0 rings (SSSR count). The second kappa shape index (κ2) is 5.50. The quantitative estimate of drug-likeness (QED) is 0.355. The first-order valence-corrected chi connectivity index (χ1v) is 3.52. The predicted molar refractivity (Wildman–Crippen MR) is 42.0 cm³/mol. The van der Waals surface area contributed by atoms with Crippen molar-refractivity contribution in [2.75, 3.05) is 6.67 Å². The van der Waals surface area contributed by atoms with Crippen LogP contribution in [0.1, 0.15) is 12.8 Å². The monoisotopic (exact) mass is 175 g/mol. The number of carbonyl (C=O) groups excluding carboxylic acids is 1. The first-order chi connectivity index (χ1) is 5.57. The zero-order chi connectivity index (χ0) is 9.56. The van der Waals surface area contributed by atoms with Gasteiger partial charge in [0.2, 0.25) is 5.91 Å². The number of aliphatic carboxylic acids is 1. The number of carboxylic acids is 1. The third kappa shape index (κ3) is 4.64. The zero-order valence-corrected chi connectivity index (χ0v) is 6.62. The first kappa shape index (κ1) is 10.9. The minimum absolute atomic E-state index is 0.0456. The van der Waals surface area contributed by atoms with E-state index in [4.69, 9.17) is 16.6 Å². The van der Waals surface area contributed by atoms with Crippen molar-refractivity contribution in [1.82, 2.24) is 5.32 Å². The summed E-state index contributed by atoms with van der Waals surface area (Å²) in [7, 11) is 0. The fraction of sp³-hybridized carbons (Fsp3) is 0.667. The molecular formula is C6H13N3O3. The molecule has 0 aliphatic rings. The largest absolute Gasteiger partial charge is 0.480 e. The summed E-state index contributed by atoms with van der Waals surface area (Å²) in [6.45, 7) is 0.0652. The average molecular weight is 175 g/mol. The van der Waals surface area contributed by atoms with E-state index in [0.29, 0.717) is 0 Å². The summed E-state index contributed by atoms with van der Waals surface area (Å²) in [5.41, 5.74) is 9.93. The van der Waals surface area contributed by atoms with Gasteiger partial charge in [-0.15, -0.1) is 0 Å². The molecule has 0 saturated carbocycles. The van der Waals surface area contributed by atoms with Crippen molar-refractivity contribution >= 4 is 11.9 Å². The van der Waals surface area contributed by atoms with Gasteiger partial charge in [-0.25, -0.2) is 0 Å². The molecule has 6 heteroatoms. The van der Waals surface area contributed by atoms with Crippen molar-refractivity contribution in [1.29, 1.82) is 0 Å². The Bertz CT molecular complexity index is 171. The Hall–Kier alpha value is -1.14. The average Bonchev–Trinajstić information content (AvgIpc) is 1.96. The van der Waals surface area contributed by atoms with Crippen molar-refractivity contribution < 1.29 is 14.7 Å². The van der Waals surface area contributed by atoms with Crippen molar-refractivity contribution in [2.45, 2.75) is 18.9 Å². The number of primary amides is 1.